The molecule has 1 aromatic rings. The van der Waals surface area contributed by atoms with Crippen molar-refractivity contribution in [1.29, 1.82) is 0 Å². The molecule has 0 spiro atoms. The second kappa shape index (κ2) is 6.57. The average Bonchev–Trinajstić information content (AvgIpc) is 3.22. The lowest BCUT2D eigenvalue weighted by Crippen LogP contribution is -2.30. The minimum atomic E-state index is -3.68. The Hall–Kier alpha value is -1.09. The number of nitrogens with one attached hydrogen (secondary N) is 1. The second-order valence-electron chi connectivity index (χ2n) is 4.63. The van der Waals surface area contributed by atoms with Crippen molar-refractivity contribution in [1.82, 2.24) is 9.71 Å². The first-order valence-electron chi connectivity index (χ1n) is 6.33. The summed E-state index contributed by atoms with van der Waals surface area (Å²) in [7, 11) is -3.68. The number of nitrogens with zero attached hydrogens (tertiary/aromatic N) is 1. The lowest BCUT2D eigenvalue weighted by Gasteiger charge is -2.10. The Balaban J connectivity index is 1.93. The lowest BCUT2D eigenvalue weighted by molar-refractivity contribution is 0.129. The van der Waals surface area contributed by atoms with E-state index < -0.39 is 10.0 Å². The van der Waals surface area contributed by atoms with Gasteiger partial charge in [0.05, 0.1) is 6.61 Å². The molecule has 1 heterocycles. The van der Waals surface area contributed by atoms with Crippen molar-refractivity contribution >= 4 is 27.2 Å². The van der Waals surface area contributed by atoms with Crippen molar-refractivity contribution < 1.29 is 13.2 Å². The Morgan fingerprint density at radius 1 is 1.55 bits per heavy atom. The van der Waals surface area contributed by atoms with Crippen LogP contribution in [0.1, 0.15) is 18.5 Å². The maximum Gasteiger partial charge on any atom is 0.242 e. The number of hydrogen-bond acceptors (Lipinski definition) is 5. The Morgan fingerprint density at radius 2 is 2.30 bits per heavy atom. The Labute approximate surface area is 123 Å². The Morgan fingerprint density at radius 3 is 2.95 bits per heavy atom. The van der Waals surface area contributed by atoms with Crippen LogP contribution in [0, 0.1) is 5.92 Å². The number of thiocarbonyl (C=S) groups is 1. The van der Waals surface area contributed by atoms with Gasteiger partial charge in [-0.2, -0.15) is 0 Å². The molecule has 1 aromatic heterocycles. The highest BCUT2D eigenvalue weighted by molar-refractivity contribution is 7.89. The van der Waals surface area contributed by atoms with Gasteiger partial charge in [0.2, 0.25) is 10.0 Å². The van der Waals surface area contributed by atoms with Crippen LogP contribution in [0.5, 0.6) is 0 Å². The fourth-order valence-electron chi connectivity index (χ4n) is 1.65. The van der Waals surface area contributed by atoms with Crippen LogP contribution in [0.2, 0.25) is 0 Å². The van der Waals surface area contributed by atoms with Gasteiger partial charge in [-0.3, -0.25) is 4.98 Å². The molecule has 110 valence electrons. The number of hydrogen-bond donors (Lipinski definition) is 2. The first kappa shape index (κ1) is 15.3. The summed E-state index contributed by atoms with van der Waals surface area (Å²) in [6, 6.07) is 2.95. The normalized spacial score (nSPS) is 15.2. The van der Waals surface area contributed by atoms with E-state index in [0.29, 0.717) is 19.1 Å². The van der Waals surface area contributed by atoms with Crippen molar-refractivity contribution in [3.63, 3.8) is 0 Å². The molecule has 0 bridgehead atoms. The molecule has 0 radical (unpaired) electrons. The van der Waals surface area contributed by atoms with Crippen molar-refractivity contribution in [3.05, 3.63) is 24.0 Å². The topological polar surface area (TPSA) is 94.3 Å². The molecule has 6 nitrogen and oxygen atoms in total. The van der Waals surface area contributed by atoms with E-state index in [4.69, 9.17) is 22.7 Å². The third-order valence-corrected chi connectivity index (χ3v) is 4.57. The third kappa shape index (κ3) is 4.20. The summed E-state index contributed by atoms with van der Waals surface area (Å²) in [5.41, 5.74) is 5.59. The summed E-state index contributed by atoms with van der Waals surface area (Å²) >= 11 is 4.81. The minimum absolute atomic E-state index is 0.00491. The van der Waals surface area contributed by atoms with Gasteiger partial charge in [-0.1, -0.05) is 12.2 Å². The van der Waals surface area contributed by atoms with Gasteiger partial charge in [0.25, 0.3) is 0 Å². The maximum absolute atomic E-state index is 12.1. The number of nitrogens with two attached hydrogens (primary N) is 1. The van der Waals surface area contributed by atoms with Crippen LogP contribution in [0.4, 0.5) is 0 Å². The monoisotopic (exact) mass is 315 g/mol. The molecular formula is C12H17N3O3S2. The van der Waals surface area contributed by atoms with Crippen LogP contribution < -0.4 is 10.5 Å². The van der Waals surface area contributed by atoms with Gasteiger partial charge in [-0.15, -0.1) is 0 Å². The standard InChI is InChI=1S/C12H17N3O3S2/c13-12(19)11-10(2-1-5-14-11)20(16,17)15-6-7-18-8-9-3-4-9/h1-2,5,9,15H,3-4,6-8H2,(H2,13,19). The summed E-state index contributed by atoms with van der Waals surface area (Å²) in [4.78, 5) is 3.85. The number of ether oxygens (including phenoxy) is 1. The van der Waals surface area contributed by atoms with E-state index in [-0.39, 0.29) is 22.1 Å². The highest BCUT2D eigenvalue weighted by Crippen LogP contribution is 2.28. The molecule has 0 unspecified atom stereocenters. The highest BCUT2D eigenvalue weighted by Gasteiger charge is 2.22. The van der Waals surface area contributed by atoms with Crippen molar-refractivity contribution in [3.8, 4) is 0 Å². The molecule has 2 rings (SSSR count). The molecule has 0 saturated heterocycles. The van der Waals surface area contributed by atoms with Crippen LogP contribution in [-0.4, -0.2) is 38.1 Å². The van der Waals surface area contributed by atoms with Crippen LogP contribution in [0.15, 0.2) is 23.2 Å². The van der Waals surface area contributed by atoms with E-state index in [1.54, 1.807) is 0 Å². The SMILES string of the molecule is NC(=S)c1ncccc1S(=O)(=O)NCCOCC1CC1. The predicted octanol–water partition coefficient (Wildman–Crippen LogP) is 0.421. The van der Waals surface area contributed by atoms with E-state index in [9.17, 15) is 8.42 Å². The molecule has 0 aromatic carbocycles. The van der Waals surface area contributed by atoms with E-state index >= 15 is 0 Å². The Bertz CT molecular complexity index is 585. The average molecular weight is 315 g/mol. The van der Waals surface area contributed by atoms with E-state index in [0.717, 1.165) is 0 Å². The van der Waals surface area contributed by atoms with Crippen molar-refractivity contribution in [2.24, 2.45) is 11.7 Å². The predicted molar refractivity (Wildman–Crippen MR) is 78.9 cm³/mol. The number of sulfonamides is 1. The fraction of sp³-hybridized carbons (Fsp3) is 0.500. The number of pyridine rings is 1. The summed E-state index contributed by atoms with van der Waals surface area (Å²) in [5, 5.41) is 0. The van der Waals surface area contributed by atoms with Gasteiger partial charge in [-0.25, -0.2) is 13.1 Å². The molecule has 8 heteroatoms. The number of rotatable bonds is 8. The van der Waals surface area contributed by atoms with Gasteiger partial charge in [0, 0.05) is 19.3 Å². The van der Waals surface area contributed by atoms with Gasteiger partial charge >= 0.3 is 0 Å². The maximum atomic E-state index is 12.1. The highest BCUT2D eigenvalue weighted by atomic mass is 32.2. The molecule has 0 amide bonds. The quantitative estimate of drug-likeness (QED) is 0.533. The van der Waals surface area contributed by atoms with Crippen LogP contribution >= 0.6 is 12.2 Å². The molecule has 1 saturated carbocycles. The fourth-order valence-corrected chi connectivity index (χ4v) is 3.06. The molecule has 20 heavy (non-hydrogen) atoms. The summed E-state index contributed by atoms with van der Waals surface area (Å²) in [5.74, 6) is 0.658. The Kier molecular flexibility index (Phi) is 5.03. The first-order valence-corrected chi connectivity index (χ1v) is 8.22. The smallest absolute Gasteiger partial charge is 0.242 e. The first-order chi connectivity index (χ1) is 9.50. The molecule has 0 aliphatic heterocycles. The molecule has 3 N–H and O–H groups in total. The van der Waals surface area contributed by atoms with Gasteiger partial charge in [-0.05, 0) is 30.9 Å². The van der Waals surface area contributed by atoms with E-state index in [2.05, 4.69) is 9.71 Å². The van der Waals surface area contributed by atoms with Crippen LogP contribution in [0.3, 0.4) is 0 Å². The zero-order chi connectivity index (χ0) is 14.6. The molecule has 0 atom stereocenters. The van der Waals surface area contributed by atoms with Crippen LogP contribution in [-0.2, 0) is 14.8 Å². The van der Waals surface area contributed by atoms with Gasteiger partial charge < -0.3 is 10.5 Å². The zero-order valence-electron chi connectivity index (χ0n) is 10.9. The largest absolute Gasteiger partial charge is 0.388 e. The zero-order valence-corrected chi connectivity index (χ0v) is 12.5. The van der Waals surface area contributed by atoms with Crippen molar-refractivity contribution in [2.45, 2.75) is 17.7 Å². The molecular weight excluding hydrogens is 298 g/mol. The second-order valence-corrected chi connectivity index (χ2v) is 6.81. The van der Waals surface area contributed by atoms with Gasteiger partial charge in [0.15, 0.2) is 0 Å². The molecule has 1 aliphatic carbocycles. The van der Waals surface area contributed by atoms with Crippen LogP contribution in [0.25, 0.3) is 0 Å². The lowest BCUT2D eigenvalue weighted by atomic mass is 10.3. The summed E-state index contributed by atoms with van der Waals surface area (Å²) < 4.78 is 32.1. The summed E-state index contributed by atoms with van der Waals surface area (Å²) in [6.45, 7) is 1.26. The van der Waals surface area contributed by atoms with Gasteiger partial charge in [0.1, 0.15) is 15.6 Å². The molecule has 1 fully saturated rings. The molecule has 1 aliphatic rings. The van der Waals surface area contributed by atoms with E-state index in [1.807, 2.05) is 0 Å². The number of aromatic nitrogens is 1. The van der Waals surface area contributed by atoms with Crippen molar-refractivity contribution in [2.75, 3.05) is 19.8 Å². The summed E-state index contributed by atoms with van der Waals surface area (Å²) in [6.07, 6.45) is 3.86. The minimum Gasteiger partial charge on any atom is -0.388 e. The van der Waals surface area contributed by atoms with E-state index in [1.165, 1.54) is 31.2 Å². The third-order valence-electron chi connectivity index (χ3n) is 2.88.